The molecule has 2 heteroatoms. The molecule has 1 fully saturated rings. The van der Waals surface area contributed by atoms with Crippen LogP contribution in [-0.4, -0.2) is 17.6 Å². The molecule has 1 unspecified atom stereocenters. The van der Waals surface area contributed by atoms with Gasteiger partial charge in [0.05, 0.1) is 0 Å². The van der Waals surface area contributed by atoms with Gasteiger partial charge in [-0.25, -0.2) is 0 Å². The van der Waals surface area contributed by atoms with Crippen LogP contribution in [0, 0.1) is 0 Å². The first-order valence-electron chi connectivity index (χ1n) is 5.55. The van der Waals surface area contributed by atoms with Gasteiger partial charge in [-0.15, -0.1) is 0 Å². The van der Waals surface area contributed by atoms with Crippen molar-refractivity contribution < 1.29 is 0 Å². The number of nitrogens with zero attached hydrogens (tertiary/aromatic N) is 1. The van der Waals surface area contributed by atoms with Crippen molar-refractivity contribution in [2.75, 3.05) is 6.54 Å². The molecule has 1 N–H and O–H groups in total. The quantitative estimate of drug-likeness (QED) is 0.788. The monoisotopic (exact) mass is 190 g/mol. The lowest BCUT2D eigenvalue weighted by Gasteiger charge is -2.12. The fraction of sp³-hybridized carbons (Fsp3) is 0.583. The van der Waals surface area contributed by atoms with E-state index in [0.717, 1.165) is 12.8 Å². The van der Waals surface area contributed by atoms with E-state index >= 15 is 0 Å². The Kier molecular flexibility index (Phi) is 3.14. The van der Waals surface area contributed by atoms with E-state index in [1.807, 2.05) is 12.4 Å². The lowest BCUT2D eigenvalue weighted by molar-refractivity contribution is 0.599. The van der Waals surface area contributed by atoms with Gasteiger partial charge in [0.25, 0.3) is 0 Å². The summed E-state index contributed by atoms with van der Waals surface area (Å²) >= 11 is 0. The van der Waals surface area contributed by atoms with Crippen molar-refractivity contribution in [1.29, 1.82) is 0 Å². The van der Waals surface area contributed by atoms with Crippen LogP contribution in [0.25, 0.3) is 0 Å². The molecule has 1 aliphatic rings. The van der Waals surface area contributed by atoms with Gasteiger partial charge in [0, 0.05) is 18.4 Å². The molecule has 1 aliphatic heterocycles. The zero-order valence-electron chi connectivity index (χ0n) is 8.79. The van der Waals surface area contributed by atoms with Crippen molar-refractivity contribution >= 4 is 0 Å². The second-order valence-electron chi connectivity index (χ2n) is 4.00. The second kappa shape index (κ2) is 4.56. The lowest BCUT2D eigenvalue weighted by atomic mass is 10.0. The normalized spacial score (nSPS) is 21.4. The third-order valence-electron chi connectivity index (χ3n) is 3.01. The van der Waals surface area contributed by atoms with Gasteiger partial charge in [0.1, 0.15) is 0 Å². The summed E-state index contributed by atoms with van der Waals surface area (Å²) in [5, 5.41) is 3.53. The number of rotatable bonds is 3. The van der Waals surface area contributed by atoms with Crippen LogP contribution in [0.3, 0.4) is 0 Å². The predicted octanol–water partition coefficient (Wildman–Crippen LogP) is 1.94. The second-order valence-corrected chi connectivity index (χ2v) is 4.00. The molecular formula is C12H18N2. The Balaban J connectivity index is 2.07. The Labute approximate surface area is 85.7 Å². The van der Waals surface area contributed by atoms with Crippen LogP contribution < -0.4 is 5.32 Å². The molecule has 76 valence electrons. The summed E-state index contributed by atoms with van der Waals surface area (Å²) in [6.07, 6.45) is 8.83. The van der Waals surface area contributed by atoms with Crippen LogP contribution in [0.4, 0.5) is 0 Å². The lowest BCUT2D eigenvalue weighted by Crippen LogP contribution is -2.24. The molecule has 2 rings (SSSR count). The van der Waals surface area contributed by atoms with Crippen LogP contribution >= 0.6 is 0 Å². The smallest absolute Gasteiger partial charge is 0.0303 e. The molecule has 2 nitrogen and oxygen atoms in total. The largest absolute Gasteiger partial charge is 0.314 e. The van der Waals surface area contributed by atoms with Crippen LogP contribution in [0.5, 0.6) is 0 Å². The highest BCUT2D eigenvalue weighted by atomic mass is 14.9. The Morgan fingerprint density at radius 2 is 2.43 bits per heavy atom. The average molecular weight is 190 g/mol. The molecule has 2 heterocycles. The summed E-state index contributed by atoms with van der Waals surface area (Å²) in [7, 11) is 0. The SMILES string of the molecule is CCc1ccncc1CC1CCCN1. The molecule has 14 heavy (non-hydrogen) atoms. The minimum atomic E-state index is 0.685. The van der Waals surface area contributed by atoms with Crippen LogP contribution in [0.1, 0.15) is 30.9 Å². The number of pyridine rings is 1. The fourth-order valence-electron chi connectivity index (χ4n) is 2.18. The standard InChI is InChI=1S/C12H18N2/c1-2-10-5-7-13-9-11(10)8-12-4-3-6-14-12/h5,7,9,12,14H,2-4,6,8H2,1H3. The van der Waals surface area contributed by atoms with Gasteiger partial charge in [0.2, 0.25) is 0 Å². The summed E-state index contributed by atoms with van der Waals surface area (Å²) in [6.45, 7) is 3.40. The molecule has 1 aromatic rings. The number of hydrogen-bond acceptors (Lipinski definition) is 2. The molecule has 1 aromatic heterocycles. The van der Waals surface area contributed by atoms with Gasteiger partial charge in [0.15, 0.2) is 0 Å². The Hall–Kier alpha value is -0.890. The Bertz CT molecular complexity index is 290. The van der Waals surface area contributed by atoms with E-state index in [-0.39, 0.29) is 0 Å². The zero-order valence-corrected chi connectivity index (χ0v) is 8.79. The minimum Gasteiger partial charge on any atom is -0.314 e. The number of aromatic nitrogens is 1. The summed E-state index contributed by atoms with van der Waals surface area (Å²) in [5.41, 5.74) is 2.88. The van der Waals surface area contributed by atoms with E-state index < -0.39 is 0 Å². The van der Waals surface area contributed by atoms with Gasteiger partial charge in [-0.1, -0.05) is 6.92 Å². The van der Waals surface area contributed by atoms with E-state index in [1.165, 1.54) is 30.5 Å². The first-order chi connectivity index (χ1) is 6.90. The van der Waals surface area contributed by atoms with Gasteiger partial charge >= 0.3 is 0 Å². The van der Waals surface area contributed by atoms with Crippen molar-refractivity contribution in [3.05, 3.63) is 29.6 Å². The number of hydrogen-bond donors (Lipinski definition) is 1. The summed E-state index contributed by atoms with van der Waals surface area (Å²) in [6, 6.07) is 2.83. The van der Waals surface area contributed by atoms with Gasteiger partial charge in [-0.2, -0.15) is 0 Å². The van der Waals surface area contributed by atoms with Crippen molar-refractivity contribution in [2.24, 2.45) is 0 Å². The van der Waals surface area contributed by atoms with Crippen molar-refractivity contribution in [3.8, 4) is 0 Å². The Morgan fingerprint density at radius 1 is 1.50 bits per heavy atom. The average Bonchev–Trinajstić information content (AvgIpc) is 2.71. The van der Waals surface area contributed by atoms with E-state index in [9.17, 15) is 0 Å². The van der Waals surface area contributed by atoms with Crippen LogP contribution in [0.15, 0.2) is 18.5 Å². The summed E-state index contributed by atoms with van der Waals surface area (Å²) < 4.78 is 0. The Morgan fingerprint density at radius 3 is 3.14 bits per heavy atom. The fourth-order valence-corrected chi connectivity index (χ4v) is 2.18. The highest BCUT2D eigenvalue weighted by molar-refractivity contribution is 5.24. The van der Waals surface area contributed by atoms with Crippen molar-refractivity contribution in [1.82, 2.24) is 10.3 Å². The summed E-state index contributed by atoms with van der Waals surface area (Å²) in [4.78, 5) is 4.21. The molecule has 0 bridgehead atoms. The molecule has 0 aliphatic carbocycles. The van der Waals surface area contributed by atoms with Crippen LogP contribution in [0.2, 0.25) is 0 Å². The number of aryl methyl sites for hydroxylation is 1. The molecule has 0 amide bonds. The maximum Gasteiger partial charge on any atom is 0.0303 e. The zero-order chi connectivity index (χ0) is 9.80. The van der Waals surface area contributed by atoms with E-state index in [2.05, 4.69) is 23.3 Å². The molecule has 1 atom stereocenters. The topological polar surface area (TPSA) is 24.9 Å². The van der Waals surface area contributed by atoms with Crippen molar-refractivity contribution in [3.63, 3.8) is 0 Å². The van der Waals surface area contributed by atoms with Gasteiger partial charge in [-0.3, -0.25) is 4.98 Å². The van der Waals surface area contributed by atoms with Crippen LogP contribution in [-0.2, 0) is 12.8 Å². The first kappa shape index (κ1) is 9.66. The minimum absolute atomic E-state index is 0.685. The van der Waals surface area contributed by atoms with E-state index in [0.29, 0.717) is 6.04 Å². The highest BCUT2D eigenvalue weighted by Crippen LogP contribution is 2.15. The predicted molar refractivity (Wildman–Crippen MR) is 58.3 cm³/mol. The van der Waals surface area contributed by atoms with E-state index in [1.54, 1.807) is 0 Å². The maximum atomic E-state index is 4.21. The van der Waals surface area contributed by atoms with Crippen molar-refractivity contribution in [2.45, 2.75) is 38.6 Å². The molecule has 0 radical (unpaired) electrons. The van der Waals surface area contributed by atoms with Gasteiger partial charge < -0.3 is 5.32 Å². The molecule has 0 saturated carbocycles. The molecule has 1 saturated heterocycles. The van der Waals surface area contributed by atoms with E-state index in [4.69, 9.17) is 0 Å². The third kappa shape index (κ3) is 2.13. The molecule has 0 spiro atoms. The molecule has 0 aromatic carbocycles. The number of nitrogens with one attached hydrogen (secondary N) is 1. The summed E-state index contributed by atoms with van der Waals surface area (Å²) in [5.74, 6) is 0. The third-order valence-corrected chi connectivity index (χ3v) is 3.01. The molecular weight excluding hydrogens is 172 g/mol. The first-order valence-corrected chi connectivity index (χ1v) is 5.55. The van der Waals surface area contributed by atoms with Gasteiger partial charge in [-0.05, 0) is 49.4 Å². The maximum absolute atomic E-state index is 4.21. The highest BCUT2D eigenvalue weighted by Gasteiger charge is 2.15.